The van der Waals surface area contributed by atoms with E-state index in [-0.39, 0.29) is 23.3 Å². The first-order chi connectivity index (χ1) is 7.04. The molecular weight excluding hydrogens is 195 g/mol. The van der Waals surface area contributed by atoms with Gasteiger partial charge in [-0.15, -0.1) is 0 Å². The number of carbonyl (C=O) groups excluding carboxylic acids is 1. The fourth-order valence-corrected chi connectivity index (χ4v) is 1.53. The Hall–Kier alpha value is -1.38. The first-order valence-electron chi connectivity index (χ1n) is 4.87. The highest BCUT2D eigenvalue weighted by molar-refractivity contribution is 5.76. The topological polar surface area (TPSA) is 26.3 Å². The van der Waals surface area contributed by atoms with Crippen molar-refractivity contribution in [2.75, 3.05) is 7.11 Å². The molecule has 0 amide bonds. The average Bonchev–Trinajstić information content (AvgIpc) is 2.17. The average molecular weight is 210 g/mol. The van der Waals surface area contributed by atoms with E-state index in [4.69, 9.17) is 4.74 Å². The first kappa shape index (κ1) is 11.7. The maximum atomic E-state index is 13.1. The summed E-state index contributed by atoms with van der Waals surface area (Å²) >= 11 is 0. The number of benzene rings is 1. The fourth-order valence-electron chi connectivity index (χ4n) is 1.53. The van der Waals surface area contributed by atoms with Crippen molar-refractivity contribution in [1.82, 2.24) is 0 Å². The lowest BCUT2D eigenvalue weighted by Crippen LogP contribution is -2.01. The summed E-state index contributed by atoms with van der Waals surface area (Å²) in [6, 6.07) is 4.69. The molecule has 1 aromatic rings. The molecule has 1 aromatic carbocycles. The van der Waals surface area contributed by atoms with E-state index in [2.05, 4.69) is 0 Å². The van der Waals surface area contributed by atoms with Gasteiger partial charge in [-0.1, -0.05) is 13.0 Å². The van der Waals surface area contributed by atoms with Gasteiger partial charge in [-0.25, -0.2) is 4.39 Å². The summed E-state index contributed by atoms with van der Waals surface area (Å²) in [6.07, 6.45) is 0.467. The van der Waals surface area contributed by atoms with Crippen molar-refractivity contribution in [2.45, 2.75) is 26.2 Å². The number of hydrogen-bond donors (Lipinski definition) is 0. The van der Waals surface area contributed by atoms with Gasteiger partial charge in [-0.2, -0.15) is 0 Å². The number of ketones is 1. The molecule has 0 fully saturated rings. The summed E-state index contributed by atoms with van der Waals surface area (Å²) < 4.78 is 18.0. The number of carbonyl (C=O) groups is 1. The largest absolute Gasteiger partial charge is 0.494 e. The molecule has 3 heteroatoms. The summed E-state index contributed by atoms with van der Waals surface area (Å²) in [5.74, 6) is 0.0713. The molecule has 1 rings (SSSR count). The molecule has 0 heterocycles. The molecule has 0 saturated heterocycles. The van der Waals surface area contributed by atoms with Gasteiger partial charge < -0.3 is 9.53 Å². The highest BCUT2D eigenvalue weighted by Crippen LogP contribution is 2.25. The number of Topliss-reactive ketones (excluding diaryl/α,β-unsaturated/α-hetero) is 1. The van der Waals surface area contributed by atoms with E-state index < -0.39 is 0 Å². The number of ether oxygens (including phenoxy) is 1. The van der Waals surface area contributed by atoms with Crippen LogP contribution in [0.3, 0.4) is 0 Å². The fraction of sp³-hybridized carbons (Fsp3) is 0.417. The van der Waals surface area contributed by atoms with Crippen molar-refractivity contribution in [2.24, 2.45) is 0 Å². The molecule has 2 nitrogen and oxygen atoms in total. The third-order valence-corrected chi connectivity index (χ3v) is 2.34. The van der Waals surface area contributed by atoms with E-state index in [9.17, 15) is 9.18 Å². The molecule has 0 bridgehead atoms. The van der Waals surface area contributed by atoms with Crippen molar-refractivity contribution in [3.8, 4) is 5.75 Å². The summed E-state index contributed by atoms with van der Waals surface area (Å²) in [5.41, 5.74) is 0.920. The van der Waals surface area contributed by atoms with Gasteiger partial charge in [0, 0.05) is 6.42 Å². The van der Waals surface area contributed by atoms with Gasteiger partial charge in [-0.3, -0.25) is 0 Å². The molecule has 1 unspecified atom stereocenters. The Balaban J connectivity index is 2.90. The van der Waals surface area contributed by atoms with Crippen LogP contribution >= 0.6 is 0 Å². The van der Waals surface area contributed by atoms with E-state index in [0.717, 1.165) is 5.56 Å². The highest BCUT2D eigenvalue weighted by Gasteiger charge is 2.11. The third kappa shape index (κ3) is 3.05. The normalized spacial score (nSPS) is 12.3. The van der Waals surface area contributed by atoms with Crippen LogP contribution in [0.4, 0.5) is 4.39 Å². The molecule has 82 valence electrons. The second-order valence-electron chi connectivity index (χ2n) is 3.70. The van der Waals surface area contributed by atoms with Crippen LogP contribution in [0.25, 0.3) is 0 Å². The molecule has 0 aliphatic rings. The predicted octanol–water partition coefficient (Wildman–Crippen LogP) is 2.92. The van der Waals surface area contributed by atoms with E-state index in [1.165, 1.54) is 13.2 Å². The minimum absolute atomic E-state index is 0.0944. The number of hydrogen-bond acceptors (Lipinski definition) is 2. The molecule has 0 saturated carbocycles. The van der Waals surface area contributed by atoms with Crippen LogP contribution in [-0.4, -0.2) is 12.9 Å². The first-order valence-corrected chi connectivity index (χ1v) is 4.87. The Morgan fingerprint density at radius 2 is 2.20 bits per heavy atom. The van der Waals surface area contributed by atoms with E-state index in [1.807, 2.05) is 6.92 Å². The zero-order valence-electron chi connectivity index (χ0n) is 9.21. The van der Waals surface area contributed by atoms with E-state index in [1.54, 1.807) is 19.1 Å². The molecule has 15 heavy (non-hydrogen) atoms. The van der Waals surface area contributed by atoms with Gasteiger partial charge >= 0.3 is 0 Å². The van der Waals surface area contributed by atoms with Gasteiger partial charge in [0.05, 0.1) is 7.11 Å². The molecule has 0 N–H and O–H groups in total. The van der Waals surface area contributed by atoms with Crippen LogP contribution < -0.4 is 4.74 Å². The zero-order chi connectivity index (χ0) is 11.4. The lowest BCUT2D eigenvalue weighted by atomic mass is 9.96. The van der Waals surface area contributed by atoms with Crippen LogP contribution in [0.1, 0.15) is 31.7 Å². The van der Waals surface area contributed by atoms with Crippen LogP contribution in [0.15, 0.2) is 18.2 Å². The van der Waals surface area contributed by atoms with Crippen LogP contribution in [0, 0.1) is 5.82 Å². The molecule has 0 aromatic heterocycles. The van der Waals surface area contributed by atoms with Crippen molar-refractivity contribution in [3.63, 3.8) is 0 Å². The van der Waals surface area contributed by atoms with Crippen molar-refractivity contribution in [1.29, 1.82) is 0 Å². The summed E-state index contributed by atoms with van der Waals surface area (Å²) in [6.45, 7) is 3.49. The zero-order valence-corrected chi connectivity index (χ0v) is 9.21. The highest BCUT2D eigenvalue weighted by atomic mass is 19.1. The monoisotopic (exact) mass is 210 g/mol. The van der Waals surface area contributed by atoms with Gasteiger partial charge in [0.1, 0.15) is 5.78 Å². The van der Waals surface area contributed by atoms with Crippen LogP contribution in [-0.2, 0) is 4.79 Å². The molecule has 0 aliphatic carbocycles. The Morgan fingerprint density at radius 1 is 1.53 bits per heavy atom. The molecule has 0 radical (unpaired) electrons. The van der Waals surface area contributed by atoms with Gasteiger partial charge in [0.15, 0.2) is 11.6 Å². The minimum atomic E-state index is -0.378. The van der Waals surface area contributed by atoms with Crippen molar-refractivity contribution >= 4 is 5.78 Å². The quantitative estimate of drug-likeness (QED) is 0.763. The smallest absolute Gasteiger partial charge is 0.165 e. The maximum absolute atomic E-state index is 13.1. The van der Waals surface area contributed by atoms with E-state index in [0.29, 0.717) is 6.42 Å². The second-order valence-corrected chi connectivity index (χ2v) is 3.70. The van der Waals surface area contributed by atoms with Crippen molar-refractivity contribution in [3.05, 3.63) is 29.6 Å². The van der Waals surface area contributed by atoms with Gasteiger partial charge in [0.2, 0.25) is 0 Å². The SMILES string of the molecule is COc1cc(C(C)CC(C)=O)ccc1F. The maximum Gasteiger partial charge on any atom is 0.165 e. The molecular formula is C12H15FO2. The molecule has 0 aliphatic heterocycles. The summed E-state index contributed by atoms with van der Waals surface area (Å²) in [4.78, 5) is 10.9. The predicted molar refractivity (Wildman–Crippen MR) is 56.7 cm³/mol. The number of methoxy groups -OCH3 is 1. The van der Waals surface area contributed by atoms with Crippen LogP contribution in [0.2, 0.25) is 0 Å². The Labute approximate surface area is 89.1 Å². The Morgan fingerprint density at radius 3 is 2.73 bits per heavy atom. The number of rotatable bonds is 4. The summed E-state index contributed by atoms with van der Waals surface area (Å²) in [7, 11) is 1.43. The Kier molecular flexibility index (Phi) is 3.83. The lowest BCUT2D eigenvalue weighted by Gasteiger charge is -2.11. The van der Waals surface area contributed by atoms with Gasteiger partial charge in [-0.05, 0) is 30.5 Å². The number of halogens is 1. The van der Waals surface area contributed by atoms with Crippen LogP contribution in [0.5, 0.6) is 5.75 Å². The minimum Gasteiger partial charge on any atom is -0.494 e. The molecule has 1 atom stereocenters. The lowest BCUT2D eigenvalue weighted by molar-refractivity contribution is -0.117. The van der Waals surface area contributed by atoms with Crippen molar-refractivity contribution < 1.29 is 13.9 Å². The standard InChI is InChI=1S/C12H15FO2/c1-8(6-9(2)14)10-4-5-11(13)12(7-10)15-3/h4-5,7-8H,6H2,1-3H3. The second kappa shape index (κ2) is 4.91. The summed E-state index contributed by atoms with van der Waals surface area (Å²) in [5, 5.41) is 0. The Bertz CT molecular complexity index is 361. The van der Waals surface area contributed by atoms with E-state index >= 15 is 0 Å². The third-order valence-electron chi connectivity index (χ3n) is 2.34. The molecule has 0 spiro atoms. The van der Waals surface area contributed by atoms with Gasteiger partial charge in [0.25, 0.3) is 0 Å².